The summed E-state index contributed by atoms with van der Waals surface area (Å²) in [6, 6.07) is 0. The van der Waals surface area contributed by atoms with E-state index in [0.29, 0.717) is 31.6 Å². The van der Waals surface area contributed by atoms with Gasteiger partial charge in [-0.2, -0.15) is 0 Å². The van der Waals surface area contributed by atoms with Crippen molar-refractivity contribution < 1.29 is 80.2 Å². The monoisotopic (exact) mass is 1470 g/mol. The quantitative estimate of drug-likeness (QED) is 0.0222. The number of carbonyl (C=O) groups is 4. The van der Waals surface area contributed by atoms with E-state index in [1.807, 2.05) is 0 Å². The highest BCUT2D eigenvalue weighted by Gasteiger charge is 2.30. The summed E-state index contributed by atoms with van der Waals surface area (Å²) in [5.41, 5.74) is 0. The minimum atomic E-state index is -4.96. The Labute approximate surface area is 613 Å². The Balaban J connectivity index is 5.24. The number of phosphoric ester groups is 2. The van der Waals surface area contributed by atoms with Gasteiger partial charge in [-0.3, -0.25) is 37.3 Å². The molecule has 0 bridgehead atoms. The van der Waals surface area contributed by atoms with Crippen molar-refractivity contribution in [1.29, 1.82) is 0 Å². The van der Waals surface area contributed by atoms with E-state index in [1.165, 1.54) is 212 Å². The van der Waals surface area contributed by atoms with Crippen molar-refractivity contribution in [2.45, 2.75) is 433 Å². The van der Waals surface area contributed by atoms with E-state index in [1.54, 1.807) is 0 Å². The lowest BCUT2D eigenvalue weighted by molar-refractivity contribution is -0.161. The van der Waals surface area contributed by atoms with Gasteiger partial charge in [0, 0.05) is 25.7 Å². The molecular weight excluding hydrogens is 1310 g/mol. The molecule has 0 fully saturated rings. The molecule has 0 spiro atoms. The topological polar surface area (TPSA) is 237 Å². The number of ether oxygens (including phenoxy) is 4. The minimum absolute atomic E-state index is 0.106. The van der Waals surface area contributed by atoms with Gasteiger partial charge in [-0.1, -0.05) is 364 Å². The highest BCUT2D eigenvalue weighted by Crippen LogP contribution is 2.45. The molecule has 0 aromatic carbocycles. The number of carbonyl (C=O) groups excluding carboxylic acids is 4. The van der Waals surface area contributed by atoms with E-state index in [-0.39, 0.29) is 25.7 Å². The summed E-state index contributed by atoms with van der Waals surface area (Å²) >= 11 is 0. The Morgan fingerprint density at radius 3 is 0.620 bits per heavy atom. The molecule has 3 unspecified atom stereocenters. The van der Waals surface area contributed by atoms with Crippen LogP contribution in [-0.4, -0.2) is 96.7 Å². The van der Waals surface area contributed by atoms with Gasteiger partial charge in [-0.15, -0.1) is 0 Å². The lowest BCUT2D eigenvalue weighted by atomic mass is 10.0. The SMILES string of the molecule is CC(C)CCCCCCCCCCCCCCCCCC(=O)OC[C@H](COP(=O)(O)OCC(O)COP(=O)(O)OC[C@@H](COC(=O)CCCCCCCCCC(C)C)OC(=O)CCCCCCCCCCCCCCCCC(C)C)OC(=O)CCCCCCCCCCCCCCC(C)C. The molecule has 594 valence electrons. The molecule has 5 atom stereocenters. The van der Waals surface area contributed by atoms with Crippen LogP contribution in [0, 0.1) is 23.7 Å². The lowest BCUT2D eigenvalue weighted by Gasteiger charge is -2.21. The molecule has 19 heteroatoms. The van der Waals surface area contributed by atoms with Crippen LogP contribution in [0.25, 0.3) is 0 Å². The number of hydrogen-bond acceptors (Lipinski definition) is 15. The third-order valence-corrected chi connectivity index (χ3v) is 20.7. The summed E-state index contributed by atoms with van der Waals surface area (Å²) in [6.45, 7) is 14.2. The van der Waals surface area contributed by atoms with Crippen LogP contribution in [0.5, 0.6) is 0 Å². The zero-order chi connectivity index (χ0) is 73.8. The third kappa shape index (κ3) is 74.3. The van der Waals surface area contributed by atoms with Crippen LogP contribution in [0.3, 0.4) is 0 Å². The molecule has 0 aliphatic heterocycles. The van der Waals surface area contributed by atoms with Crippen molar-refractivity contribution in [3.05, 3.63) is 0 Å². The first-order chi connectivity index (χ1) is 48.1. The summed E-state index contributed by atoms with van der Waals surface area (Å²) in [6.07, 6.45) is 56.9. The molecule has 17 nitrogen and oxygen atoms in total. The summed E-state index contributed by atoms with van der Waals surface area (Å²) in [5, 5.41) is 10.6. The molecule has 0 amide bonds. The van der Waals surface area contributed by atoms with Crippen LogP contribution >= 0.6 is 15.6 Å². The van der Waals surface area contributed by atoms with Crippen LogP contribution < -0.4 is 0 Å². The van der Waals surface area contributed by atoms with E-state index < -0.39 is 97.5 Å². The highest BCUT2D eigenvalue weighted by molar-refractivity contribution is 7.47. The fraction of sp³-hybridized carbons (Fsp3) is 0.951. The largest absolute Gasteiger partial charge is 0.472 e. The van der Waals surface area contributed by atoms with E-state index in [9.17, 15) is 43.2 Å². The first kappa shape index (κ1) is 98.1. The Bertz CT molecular complexity index is 1950. The molecule has 0 aromatic heterocycles. The Kier molecular flexibility index (Phi) is 68.7. The zero-order valence-corrected chi connectivity index (χ0v) is 67.6. The molecule has 0 saturated carbocycles. The fourth-order valence-corrected chi connectivity index (χ4v) is 14.0. The highest BCUT2D eigenvalue weighted by atomic mass is 31.2. The van der Waals surface area contributed by atoms with Crippen molar-refractivity contribution in [2.75, 3.05) is 39.6 Å². The van der Waals surface area contributed by atoms with E-state index in [0.717, 1.165) is 114 Å². The van der Waals surface area contributed by atoms with Crippen LogP contribution in [0.1, 0.15) is 415 Å². The number of esters is 4. The second kappa shape index (κ2) is 70.1. The molecule has 0 heterocycles. The van der Waals surface area contributed by atoms with Gasteiger partial charge in [0.2, 0.25) is 0 Å². The van der Waals surface area contributed by atoms with Crippen LogP contribution in [0.15, 0.2) is 0 Å². The number of phosphoric acid groups is 2. The van der Waals surface area contributed by atoms with Crippen LogP contribution in [0.2, 0.25) is 0 Å². The maximum Gasteiger partial charge on any atom is 0.472 e. The van der Waals surface area contributed by atoms with Gasteiger partial charge in [-0.05, 0) is 49.4 Å². The molecule has 0 aliphatic rings. The second-order valence-corrected chi connectivity index (χ2v) is 34.0. The predicted molar refractivity (Wildman–Crippen MR) is 409 cm³/mol. The van der Waals surface area contributed by atoms with Gasteiger partial charge >= 0.3 is 39.5 Å². The van der Waals surface area contributed by atoms with Crippen molar-refractivity contribution in [3.63, 3.8) is 0 Å². The average molecular weight is 1470 g/mol. The Hall–Kier alpha value is -1.94. The molecule has 0 aliphatic carbocycles. The normalized spacial score (nSPS) is 14.0. The van der Waals surface area contributed by atoms with Gasteiger partial charge in [0.15, 0.2) is 12.2 Å². The standard InChI is InChI=1S/C81H158O17P2/c1-71(2)57-49-41-33-26-20-14-10-9-11-16-23-29-37-45-53-61-78(83)91-67-76(97-81(86)64-56-48-39-31-25-19-18-22-28-35-43-51-59-73(5)6)69-95-99(87,88)93-65-75(82)66-94-100(89,90)96-70-77(68-92-79(84)62-54-46-40-32-36-44-52-60-74(7)8)98-80(85)63-55-47-38-30-24-17-13-12-15-21-27-34-42-50-58-72(3)4/h71-77,82H,9-70H2,1-8H3,(H,87,88)(H,89,90)/t75?,76-,77-/m1/s1. The van der Waals surface area contributed by atoms with E-state index >= 15 is 0 Å². The summed E-state index contributed by atoms with van der Waals surface area (Å²) in [7, 11) is -9.92. The van der Waals surface area contributed by atoms with Crippen molar-refractivity contribution in [2.24, 2.45) is 23.7 Å². The van der Waals surface area contributed by atoms with Gasteiger partial charge in [0.1, 0.15) is 19.3 Å². The smallest absolute Gasteiger partial charge is 0.462 e. The Morgan fingerprint density at radius 2 is 0.420 bits per heavy atom. The third-order valence-electron chi connectivity index (χ3n) is 18.8. The molecule has 0 rings (SSSR count). The second-order valence-electron chi connectivity index (χ2n) is 31.1. The number of hydrogen-bond donors (Lipinski definition) is 3. The first-order valence-electron chi connectivity index (χ1n) is 41.7. The zero-order valence-electron chi connectivity index (χ0n) is 65.8. The van der Waals surface area contributed by atoms with Gasteiger partial charge in [0.25, 0.3) is 0 Å². The van der Waals surface area contributed by atoms with Gasteiger partial charge in [0.05, 0.1) is 26.4 Å². The van der Waals surface area contributed by atoms with E-state index in [2.05, 4.69) is 55.4 Å². The summed E-state index contributed by atoms with van der Waals surface area (Å²) in [5.74, 6) is 0.969. The summed E-state index contributed by atoms with van der Waals surface area (Å²) < 4.78 is 68.7. The lowest BCUT2D eigenvalue weighted by Crippen LogP contribution is -2.30. The predicted octanol–water partition coefficient (Wildman–Crippen LogP) is 24.0. The van der Waals surface area contributed by atoms with Crippen molar-refractivity contribution >= 4 is 39.5 Å². The minimum Gasteiger partial charge on any atom is -0.462 e. The molecular formula is C81H158O17P2. The first-order valence-corrected chi connectivity index (χ1v) is 44.7. The van der Waals surface area contributed by atoms with Gasteiger partial charge in [-0.25, -0.2) is 9.13 Å². The average Bonchev–Trinajstić information content (AvgIpc) is 0.978. The number of unbranched alkanes of at least 4 members (excludes halogenated alkanes) is 44. The van der Waals surface area contributed by atoms with Crippen LogP contribution in [-0.2, 0) is 65.4 Å². The number of aliphatic hydroxyl groups excluding tert-OH is 1. The van der Waals surface area contributed by atoms with Gasteiger partial charge < -0.3 is 33.8 Å². The van der Waals surface area contributed by atoms with E-state index in [4.69, 9.17) is 37.0 Å². The fourth-order valence-electron chi connectivity index (χ4n) is 12.4. The van der Waals surface area contributed by atoms with Crippen molar-refractivity contribution in [1.82, 2.24) is 0 Å². The van der Waals surface area contributed by atoms with Crippen molar-refractivity contribution in [3.8, 4) is 0 Å². The maximum atomic E-state index is 13.1. The summed E-state index contributed by atoms with van der Waals surface area (Å²) in [4.78, 5) is 73.0. The number of aliphatic hydroxyl groups is 1. The molecule has 0 radical (unpaired) electrons. The molecule has 100 heavy (non-hydrogen) atoms. The number of rotatable bonds is 78. The maximum absolute atomic E-state index is 13.1. The Morgan fingerprint density at radius 1 is 0.250 bits per heavy atom. The van der Waals surface area contributed by atoms with Crippen LogP contribution in [0.4, 0.5) is 0 Å². The molecule has 0 saturated heterocycles. The molecule has 0 aromatic rings. The molecule has 3 N–H and O–H groups in total.